The van der Waals surface area contributed by atoms with Crippen molar-refractivity contribution in [1.29, 1.82) is 0 Å². The Kier molecular flexibility index (Phi) is 77.9. The van der Waals surface area contributed by atoms with E-state index < -0.39 is 97.5 Å². The van der Waals surface area contributed by atoms with E-state index in [2.05, 4.69) is 204 Å². The fourth-order valence-electron chi connectivity index (χ4n) is 10.4. The number of phosphoric acid groups is 2. The summed E-state index contributed by atoms with van der Waals surface area (Å²) in [5.41, 5.74) is 0. The number of esters is 4. The van der Waals surface area contributed by atoms with Crippen LogP contribution in [0.15, 0.2) is 207 Å². The number of carbonyl (C=O) groups is 4. The number of carbonyl (C=O) groups excluding carboxylic acids is 4. The van der Waals surface area contributed by atoms with E-state index in [1.165, 1.54) is 19.3 Å². The molecule has 0 heterocycles. The van der Waals surface area contributed by atoms with Crippen molar-refractivity contribution >= 4 is 39.5 Å². The first-order valence-electron chi connectivity index (χ1n) is 42.3. The quantitative estimate of drug-likeness (QED) is 0.0169. The Morgan fingerprint density at radius 2 is 0.491 bits per heavy atom. The molecule has 0 aliphatic rings. The lowest BCUT2D eigenvalue weighted by molar-refractivity contribution is -0.161. The van der Waals surface area contributed by atoms with Crippen LogP contribution in [0.3, 0.4) is 0 Å². The third-order valence-electron chi connectivity index (χ3n) is 16.7. The van der Waals surface area contributed by atoms with Gasteiger partial charge in [0.25, 0.3) is 0 Å². The molecule has 19 heteroatoms. The lowest BCUT2D eigenvalue weighted by Gasteiger charge is -2.21. The normalized spacial score (nSPS) is 14.8. The zero-order valence-electron chi connectivity index (χ0n) is 69.3. The van der Waals surface area contributed by atoms with Crippen molar-refractivity contribution in [3.05, 3.63) is 207 Å². The van der Waals surface area contributed by atoms with Gasteiger partial charge in [-0.05, 0) is 173 Å². The van der Waals surface area contributed by atoms with Crippen molar-refractivity contribution in [2.75, 3.05) is 39.6 Å². The third kappa shape index (κ3) is 81.6. The number of hydrogen-bond acceptors (Lipinski definition) is 15. The van der Waals surface area contributed by atoms with Gasteiger partial charge >= 0.3 is 39.5 Å². The minimum atomic E-state index is -5.02. The Morgan fingerprint density at radius 1 is 0.259 bits per heavy atom. The zero-order valence-corrected chi connectivity index (χ0v) is 71.0. The van der Waals surface area contributed by atoms with Gasteiger partial charge in [0.1, 0.15) is 19.3 Å². The van der Waals surface area contributed by atoms with Gasteiger partial charge in [0.15, 0.2) is 12.2 Å². The molecule has 3 N–H and O–H groups in total. The Hall–Kier alpha value is -6.36. The Labute approximate surface area is 678 Å². The summed E-state index contributed by atoms with van der Waals surface area (Å²) in [4.78, 5) is 73.2. The monoisotopic (exact) mass is 1600 g/mol. The Balaban J connectivity index is 5.54. The van der Waals surface area contributed by atoms with Crippen LogP contribution in [0.25, 0.3) is 0 Å². The van der Waals surface area contributed by atoms with E-state index in [0.717, 1.165) is 186 Å². The highest BCUT2D eigenvalue weighted by Gasteiger charge is 2.30. The second-order valence-electron chi connectivity index (χ2n) is 27.3. The van der Waals surface area contributed by atoms with E-state index in [0.29, 0.717) is 38.5 Å². The van der Waals surface area contributed by atoms with E-state index in [1.54, 1.807) is 0 Å². The highest BCUT2D eigenvalue weighted by molar-refractivity contribution is 7.47. The van der Waals surface area contributed by atoms with Gasteiger partial charge in [0.05, 0.1) is 26.4 Å². The molecule has 0 bridgehead atoms. The first kappa shape index (κ1) is 106. The minimum Gasteiger partial charge on any atom is -0.462 e. The molecular formula is C93H148O17P2. The summed E-state index contributed by atoms with van der Waals surface area (Å²) >= 11 is 0. The molecule has 5 atom stereocenters. The van der Waals surface area contributed by atoms with Crippen LogP contribution in [0.5, 0.6) is 0 Å². The summed E-state index contributed by atoms with van der Waals surface area (Å²) in [6.07, 6.45) is 104. The molecule has 0 aliphatic carbocycles. The van der Waals surface area contributed by atoms with Crippen molar-refractivity contribution in [3.8, 4) is 0 Å². The molecular weight excluding hydrogens is 1450 g/mol. The van der Waals surface area contributed by atoms with Crippen LogP contribution in [0, 0.1) is 0 Å². The first-order valence-corrected chi connectivity index (χ1v) is 45.3. The summed E-state index contributed by atoms with van der Waals surface area (Å²) in [6.45, 7) is 4.32. The SMILES string of the molecule is CC/C=C\C/C=C\C/C=C\C/C=C\C/C=C\C/C=C\CCC(=O)OCC(COP(=O)(O)OCC(O)COP(=O)(O)OCC(COC(=O)CCCCCCCC/C=C\C/C=C\C/C=C\CCCCC)OC(=O)CCC/C=C\C/C=C\C/C=C\C/C=C\C/C=C\CC)OC(=O)CCCCCCCCC/C=C\C/C=C\C/C=C\CC. The second kappa shape index (κ2) is 82.6. The average molecular weight is 1600 g/mol. The molecule has 0 rings (SSSR count). The fraction of sp³-hybridized carbons (Fsp3) is 0.591. The number of phosphoric ester groups is 2. The summed E-state index contributed by atoms with van der Waals surface area (Å²) in [7, 11) is -10.0. The molecule has 112 heavy (non-hydrogen) atoms. The number of rotatable bonds is 77. The smallest absolute Gasteiger partial charge is 0.462 e. The minimum absolute atomic E-state index is 0.00373. The molecule has 0 amide bonds. The van der Waals surface area contributed by atoms with Gasteiger partial charge in [-0.2, -0.15) is 0 Å². The van der Waals surface area contributed by atoms with Crippen LogP contribution >= 0.6 is 15.6 Å². The zero-order chi connectivity index (χ0) is 81.7. The van der Waals surface area contributed by atoms with Gasteiger partial charge in [-0.15, -0.1) is 0 Å². The molecule has 5 unspecified atom stereocenters. The van der Waals surface area contributed by atoms with E-state index in [-0.39, 0.29) is 25.7 Å². The summed E-state index contributed by atoms with van der Waals surface area (Å²) in [5.74, 6) is -2.38. The molecule has 632 valence electrons. The maximum Gasteiger partial charge on any atom is 0.472 e. The van der Waals surface area contributed by atoms with Gasteiger partial charge in [-0.25, -0.2) is 9.13 Å². The predicted molar refractivity (Wildman–Crippen MR) is 463 cm³/mol. The van der Waals surface area contributed by atoms with Crippen molar-refractivity contribution < 1.29 is 80.2 Å². The van der Waals surface area contributed by atoms with Crippen LogP contribution in [-0.2, 0) is 65.4 Å². The molecule has 0 aliphatic heterocycles. The van der Waals surface area contributed by atoms with Gasteiger partial charge in [-0.1, -0.05) is 305 Å². The first-order chi connectivity index (χ1) is 54.7. The second-order valence-corrected chi connectivity index (χ2v) is 30.2. The van der Waals surface area contributed by atoms with Crippen molar-refractivity contribution in [2.45, 2.75) is 316 Å². The van der Waals surface area contributed by atoms with Crippen molar-refractivity contribution in [3.63, 3.8) is 0 Å². The molecule has 0 aromatic heterocycles. The van der Waals surface area contributed by atoms with E-state index in [4.69, 9.17) is 37.0 Å². The summed E-state index contributed by atoms with van der Waals surface area (Å²) in [5, 5.41) is 10.7. The Morgan fingerprint density at radius 3 is 0.804 bits per heavy atom. The number of allylic oxidation sites excluding steroid dienone is 34. The van der Waals surface area contributed by atoms with Crippen LogP contribution in [0.1, 0.15) is 297 Å². The number of hydrogen-bond donors (Lipinski definition) is 3. The summed E-state index contributed by atoms with van der Waals surface area (Å²) in [6, 6.07) is 0. The molecule has 17 nitrogen and oxygen atoms in total. The van der Waals surface area contributed by atoms with Gasteiger partial charge in [0, 0.05) is 25.7 Å². The molecule has 0 fully saturated rings. The lowest BCUT2D eigenvalue weighted by atomic mass is 10.1. The summed E-state index contributed by atoms with van der Waals surface area (Å²) < 4.78 is 68.6. The number of unbranched alkanes of at least 4 members (excludes halogenated alkanes) is 17. The maximum atomic E-state index is 13.1. The molecule has 0 aromatic carbocycles. The highest BCUT2D eigenvalue weighted by atomic mass is 31.2. The fourth-order valence-corrected chi connectivity index (χ4v) is 12.0. The number of aliphatic hydroxyl groups excluding tert-OH is 1. The van der Waals surface area contributed by atoms with Crippen LogP contribution < -0.4 is 0 Å². The number of aliphatic hydroxyl groups is 1. The largest absolute Gasteiger partial charge is 0.472 e. The molecule has 0 saturated heterocycles. The van der Waals surface area contributed by atoms with Crippen LogP contribution in [0.2, 0.25) is 0 Å². The maximum absolute atomic E-state index is 13.1. The highest BCUT2D eigenvalue weighted by Crippen LogP contribution is 2.45. The third-order valence-corrected chi connectivity index (χ3v) is 18.6. The Bertz CT molecular complexity index is 2930. The molecule has 0 saturated carbocycles. The van der Waals surface area contributed by atoms with E-state index in [1.807, 2.05) is 30.4 Å². The van der Waals surface area contributed by atoms with E-state index in [9.17, 15) is 43.2 Å². The predicted octanol–water partition coefficient (Wildman–Crippen LogP) is 25.4. The van der Waals surface area contributed by atoms with Crippen LogP contribution in [-0.4, -0.2) is 96.7 Å². The van der Waals surface area contributed by atoms with Gasteiger partial charge < -0.3 is 33.8 Å². The van der Waals surface area contributed by atoms with Crippen molar-refractivity contribution in [2.24, 2.45) is 0 Å². The molecule has 0 radical (unpaired) electrons. The topological polar surface area (TPSA) is 237 Å². The lowest BCUT2D eigenvalue weighted by Crippen LogP contribution is -2.30. The van der Waals surface area contributed by atoms with Crippen LogP contribution in [0.4, 0.5) is 0 Å². The molecule has 0 spiro atoms. The van der Waals surface area contributed by atoms with Crippen molar-refractivity contribution in [1.82, 2.24) is 0 Å². The average Bonchev–Trinajstić information content (AvgIpc) is 0.895. The van der Waals surface area contributed by atoms with Gasteiger partial charge in [0.2, 0.25) is 0 Å². The van der Waals surface area contributed by atoms with E-state index >= 15 is 0 Å². The standard InChI is InChI=1S/C93H148O17P2/c1-5-9-13-17-21-25-29-33-37-41-43-47-49-53-57-61-65-69-73-77-90(95)103-83-88(109-92(97)79-75-71-67-63-59-55-51-45-39-35-31-27-23-19-15-11-7-3)85-107-111(99,100)105-81-87(94)82-106-112(101,102)108-86-89(110-93(98)80-76-72-68-64-60-56-52-46-40-36-32-28-24-20-16-12-8-4)84-104-91(96)78-74-70-66-62-58-54-50-48-44-42-38-34-30-26-22-18-14-10-6-2/h9,11-13,15-16,21-28,33-40,43-44,47-48,52-53,56-57,64-65,68-69,87-89,94H,5-8,10,14,17-20,29-32,41-42,45-46,49-51,54-55,58-63,66-67,70-86H2,1-4H3,(H,99,100)(H,101,102)/b13-9-,15-11-,16-12-,25-21-,26-22-,27-23-,28-24-,37-33-,38-34-,39-35-,40-36-,47-43-,48-44-,56-52-,57-53-,68-64-,69-65-. The number of ether oxygens (including phenoxy) is 4. The molecule has 0 aromatic rings. The van der Waals surface area contributed by atoms with Gasteiger partial charge in [-0.3, -0.25) is 37.3 Å².